The van der Waals surface area contributed by atoms with Gasteiger partial charge in [-0.3, -0.25) is 9.69 Å². The standard InChI is InChI=1S/C20H18ClNO/c21-17-8-6-15(7-9-17)18-10-16-12-22(13-19(16)20(18)23)11-14-4-2-1-3-5-14/h1-10,16,19H,11-13H2/t16-,19+/m0/s1. The van der Waals surface area contributed by atoms with Crippen molar-refractivity contribution >= 4 is 23.0 Å². The molecule has 1 heterocycles. The number of halogens is 1. The van der Waals surface area contributed by atoms with Gasteiger partial charge in [0, 0.05) is 42.1 Å². The van der Waals surface area contributed by atoms with Crippen molar-refractivity contribution in [3.05, 3.63) is 76.8 Å². The predicted octanol–water partition coefficient (Wildman–Crippen LogP) is 4.05. The number of Topliss-reactive ketones (excluding diaryl/α,β-unsaturated/α-hetero) is 1. The highest BCUT2D eigenvalue weighted by Crippen LogP contribution is 2.38. The highest BCUT2D eigenvalue weighted by molar-refractivity contribution is 6.31. The molecule has 2 aliphatic rings. The first kappa shape index (κ1) is 14.7. The average Bonchev–Trinajstić information content (AvgIpc) is 3.08. The molecule has 1 aliphatic carbocycles. The zero-order valence-corrected chi connectivity index (χ0v) is 13.5. The van der Waals surface area contributed by atoms with Crippen molar-refractivity contribution in [1.29, 1.82) is 0 Å². The Bertz CT molecular complexity index is 751. The number of allylic oxidation sites excluding steroid dienone is 1. The van der Waals surface area contributed by atoms with Crippen molar-refractivity contribution in [2.75, 3.05) is 13.1 Å². The fraction of sp³-hybridized carbons (Fsp3) is 0.250. The predicted molar refractivity (Wildman–Crippen MR) is 93.1 cm³/mol. The summed E-state index contributed by atoms with van der Waals surface area (Å²) in [6, 6.07) is 18.0. The molecular formula is C20H18ClNO. The van der Waals surface area contributed by atoms with Crippen molar-refractivity contribution in [1.82, 2.24) is 4.90 Å². The van der Waals surface area contributed by atoms with E-state index in [1.54, 1.807) is 0 Å². The molecule has 0 radical (unpaired) electrons. The minimum Gasteiger partial charge on any atom is -0.298 e. The number of rotatable bonds is 3. The first-order valence-corrected chi connectivity index (χ1v) is 8.37. The third-order valence-corrected chi connectivity index (χ3v) is 5.08. The molecule has 4 rings (SSSR count). The molecule has 116 valence electrons. The molecule has 3 heteroatoms. The molecule has 0 bridgehead atoms. The van der Waals surface area contributed by atoms with Crippen molar-refractivity contribution in [2.45, 2.75) is 6.54 Å². The van der Waals surface area contributed by atoms with E-state index in [9.17, 15) is 4.79 Å². The molecule has 1 fully saturated rings. The Labute approximate surface area is 141 Å². The number of nitrogens with zero attached hydrogens (tertiary/aromatic N) is 1. The van der Waals surface area contributed by atoms with E-state index in [1.165, 1.54) is 5.56 Å². The van der Waals surface area contributed by atoms with Crippen LogP contribution in [0.1, 0.15) is 11.1 Å². The van der Waals surface area contributed by atoms with Gasteiger partial charge in [0.05, 0.1) is 0 Å². The molecule has 23 heavy (non-hydrogen) atoms. The highest BCUT2D eigenvalue weighted by Gasteiger charge is 2.42. The summed E-state index contributed by atoms with van der Waals surface area (Å²) in [5, 5.41) is 0.703. The van der Waals surface area contributed by atoms with E-state index < -0.39 is 0 Å². The van der Waals surface area contributed by atoms with Crippen molar-refractivity contribution < 1.29 is 4.79 Å². The van der Waals surface area contributed by atoms with Crippen molar-refractivity contribution in [2.24, 2.45) is 11.8 Å². The summed E-state index contributed by atoms with van der Waals surface area (Å²) in [6.07, 6.45) is 2.17. The largest absolute Gasteiger partial charge is 0.298 e. The minimum absolute atomic E-state index is 0.115. The van der Waals surface area contributed by atoms with Crippen LogP contribution >= 0.6 is 11.6 Å². The second kappa shape index (κ2) is 5.95. The van der Waals surface area contributed by atoms with Crippen molar-refractivity contribution in [3.8, 4) is 0 Å². The summed E-state index contributed by atoms with van der Waals surface area (Å²) in [5.74, 6) is 0.745. The average molecular weight is 324 g/mol. The number of ketones is 1. The van der Waals surface area contributed by atoms with Gasteiger partial charge >= 0.3 is 0 Å². The normalized spacial score (nSPS) is 23.9. The van der Waals surface area contributed by atoms with Gasteiger partial charge in [-0.15, -0.1) is 0 Å². The Balaban J connectivity index is 1.50. The first-order valence-electron chi connectivity index (χ1n) is 7.99. The Morgan fingerprint density at radius 1 is 1.00 bits per heavy atom. The van der Waals surface area contributed by atoms with E-state index in [2.05, 4.69) is 35.2 Å². The quantitative estimate of drug-likeness (QED) is 0.849. The smallest absolute Gasteiger partial charge is 0.168 e. The zero-order valence-electron chi connectivity index (χ0n) is 12.8. The highest BCUT2D eigenvalue weighted by atomic mass is 35.5. The van der Waals surface area contributed by atoms with Crippen LogP contribution in [0.5, 0.6) is 0 Å². The summed E-state index contributed by atoms with van der Waals surface area (Å²) >= 11 is 5.94. The molecule has 1 aliphatic heterocycles. The molecule has 0 N–H and O–H groups in total. The second-order valence-corrected chi connectivity index (χ2v) is 6.84. The van der Waals surface area contributed by atoms with Gasteiger partial charge in [-0.25, -0.2) is 0 Å². The maximum atomic E-state index is 12.7. The molecule has 0 amide bonds. The third-order valence-electron chi connectivity index (χ3n) is 4.83. The van der Waals surface area contributed by atoms with Gasteiger partial charge < -0.3 is 0 Å². The van der Waals surface area contributed by atoms with Crippen LogP contribution in [0.15, 0.2) is 60.7 Å². The summed E-state index contributed by atoms with van der Waals surface area (Å²) < 4.78 is 0. The summed E-state index contributed by atoms with van der Waals surface area (Å²) in [6.45, 7) is 2.74. The van der Waals surface area contributed by atoms with E-state index in [-0.39, 0.29) is 11.7 Å². The number of fused-ring (bicyclic) bond motifs is 1. The Hall–Kier alpha value is -1.90. The molecular weight excluding hydrogens is 306 g/mol. The van der Waals surface area contributed by atoms with Gasteiger partial charge in [-0.05, 0) is 23.3 Å². The Kier molecular flexibility index (Phi) is 3.80. The van der Waals surface area contributed by atoms with Crippen LogP contribution in [0.3, 0.4) is 0 Å². The summed E-state index contributed by atoms with van der Waals surface area (Å²) in [7, 11) is 0. The minimum atomic E-state index is 0.115. The monoisotopic (exact) mass is 323 g/mol. The van der Waals surface area contributed by atoms with Crippen molar-refractivity contribution in [3.63, 3.8) is 0 Å². The lowest BCUT2D eigenvalue weighted by Gasteiger charge is -2.16. The van der Waals surface area contributed by atoms with Gasteiger partial charge in [0.15, 0.2) is 5.78 Å². The summed E-state index contributed by atoms with van der Waals surface area (Å²) in [4.78, 5) is 15.1. The van der Waals surface area contributed by atoms with Crippen LogP contribution < -0.4 is 0 Å². The fourth-order valence-electron chi connectivity index (χ4n) is 3.69. The topological polar surface area (TPSA) is 20.3 Å². The lowest BCUT2D eigenvalue weighted by atomic mass is 9.97. The van der Waals surface area contributed by atoms with E-state index in [0.29, 0.717) is 10.9 Å². The van der Waals surface area contributed by atoms with Gasteiger partial charge in [0.25, 0.3) is 0 Å². The molecule has 0 aromatic heterocycles. The lowest BCUT2D eigenvalue weighted by Crippen LogP contribution is -2.23. The van der Waals surface area contributed by atoms with E-state index >= 15 is 0 Å². The number of carbonyl (C=O) groups is 1. The molecule has 2 atom stereocenters. The molecule has 1 saturated heterocycles. The van der Waals surface area contributed by atoms with E-state index in [0.717, 1.165) is 30.8 Å². The lowest BCUT2D eigenvalue weighted by molar-refractivity contribution is -0.116. The molecule has 0 unspecified atom stereocenters. The third kappa shape index (κ3) is 2.85. The van der Waals surface area contributed by atoms with Gasteiger partial charge in [-0.1, -0.05) is 60.1 Å². The fourth-order valence-corrected chi connectivity index (χ4v) is 3.82. The number of hydrogen-bond acceptors (Lipinski definition) is 2. The molecule has 0 saturated carbocycles. The van der Waals surface area contributed by atoms with Gasteiger partial charge in [0.1, 0.15) is 0 Å². The van der Waals surface area contributed by atoms with E-state index in [1.807, 2.05) is 30.3 Å². The first-order chi connectivity index (χ1) is 11.2. The molecule has 0 spiro atoms. The number of likely N-dealkylation sites (tertiary alicyclic amines) is 1. The van der Waals surface area contributed by atoms with Crippen LogP contribution in [-0.2, 0) is 11.3 Å². The SMILES string of the molecule is O=C1C(c2ccc(Cl)cc2)=C[C@H]2CN(Cc3ccccc3)C[C@@H]12. The molecule has 2 aromatic rings. The van der Waals surface area contributed by atoms with Gasteiger partial charge in [-0.2, -0.15) is 0 Å². The maximum Gasteiger partial charge on any atom is 0.168 e. The van der Waals surface area contributed by atoms with Crippen LogP contribution in [0.25, 0.3) is 5.57 Å². The second-order valence-electron chi connectivity index (χ2n) is 6.40. The van der Waals surface area contributed by atoms with Crippen LogP contribution in [0, 0.1) is 11.8 Å². The van der Waals surface area contributed by atoms with Crippen LogP contribution in [0.2, 0.25) is 5.02 Å². The Morgan fingerprint density at radius 3 is 2.43 bits per heavy atom. The van der Waals surface area contributed by atoms with Crippen LogP contribution in [0.4, 0.5) is 0 Å². The van der Waals surface area contributed by atoms with Crippen LogP contribution in [-0.4, -0.2) is 23.8 Å². The molecule has 2 aromatic carbocycles. The number of hydrogen-bond donors (Lipinski definition) is 0. The van der Waals surface area contributed by atoms with Gasteiger partial charge in [0.2, 0.25) is 0 Å². The zero-order chi connectivity index (χ0) is 15.8. The maximum absolute atomic E-state index is 12.7. The molecule has 2 nitrogen and oxygen atoms in total. The Morgan fingerprint density at radius 2 is 1.74 bits per heavy atom. The summed E-state index contributed by atoms with van der Waals surface area (Å²) in [5.41, 5.74) is 3.17. The number of benzene rings is 2. The van der Waals surface area contributed by atoms with E-state index in [4.69, 9.17) is 11.6 Å². The number of carbonyl (C=O) groups excluding carboxylic acids is 1.